The van der Waals surface area contributed by atoms with Crippen LogP contribution in [0.25, 0.3) is 5.65 Å². The Labute approximate surface area is 214 Å². The Bertz CT molecular complexity index is 1130. The minimum absolute atomic E-state index is 0.0406. The summed E-state index contributed by atoms with van der Waals surface area (Å²) in [5.74, 6) is -2.44. The van der Waals surface area contributed by atoms with Gasteiger partial charge in [-0.3, -0.25) is 14.0 Å². The highest BCUT2D eigenvalue weighted by Gasteiger charge is 2.38. The maximum absolute atomic E-state index is 12.9. The van der Waals surface area contributed by atoms with E-state index in [1.54, 1.807) is 26.1 Å². The highest BCUT2D eigenvalue weighted by Crippen LogP contribution is 2.32. The van der Waals surface area contributed by atoms with Crippen molar-refractivity contribution in [1.82, 2.24) is 19.6 Å². The van der Waals surface area contributed by atoms with Crippen LogP contribution in [0.3, 0.4) is 0 Å². The number of unbranched alkanes of at least 4 members (excludes halogenated alkanes) is 1. The van der Waals surface area contributed by atoms with E-state index in [0.717, 1.165) is 0 Å². The molecule has 0 radical (unpaired) electrons. The van der Waals surface area contributed by atoms with Gasteiger partial charge in [-0.25, -0.2) is 9.78 Å². The maximum Gasteiger partial charge on any atom is 0.471 e. The molecule has 0 aliphatic rings. The zero-order valence-corrected chi connectivity index (χ0v) is 21.6. The van der Waals surface area contributed by atoms with Gasteiger partial charge in [-0.05, 0) is 33.6 Å². The van der Waals surface area contributed by atoms with Gasteiger partial charge in [0.1, 0.15) is 16.9 Å². The van der Waals surface area contributed by atoms with Crippen LogP contribution in [0.15, 0.2) is 6.07 Å². The molecule has 8 nitrogen and oxygen atoms in total. The number of halogens is 6. The topological polar surface area (TPSA) is 93.0 Å². The number of alkyl halides is 3. The fourth-order valence-electron chi connectivity index (χ4n) is 3.11. The molecule has 0 aliphatic carbocycles. The Morgan fingerprint density at radius 2 is 1.77 bits per heavy atom. The molecule has 14 heteroatoms. The predicted molar refractivity (Wildman–Crippen MR) is 125 cm³/mol. The molecule has 0 saturated heterocycles. The Morgan fingerprint density at radius 3 is 2.31 bits per heavy atom. The lowest BCUT2D eigenvalue weighted by molar-refractivity contribution is -0.173. The van der Waals surface area contributed by atoms with Crippen molar-refractivity contribution in [3.8, 4) is 0 Å². The van der Waals surface area contributed by atoms with Gasteiger partial charge in [0.25, 0.3) is 0 Å². The number of imidazole rings is 1. The van der Waals surface area contributed by atoms with Gasteiger partial charge in [0.05, 0.1) is 22.3 Å². The van der Waals surface area contributed by atoms with Crippen molar-refractivity contribution in [2.24, 2.45) is 0 Å². The van der Waals surface area contributed by atoms with E-state index >= 15 is 0 Å². The number of rotatable bonds is 8. The summed E-state index contributed by atoms with van der Waals surface area (Å²) in [4.78, 5) is 41.5. The summed E-state index contributed by atoms with van der Waals surface area (Å²) >= 11 is 18.8. The van der Waals surface area contributed by atoms with Gasteiger partial charge in [0.2, 0.25) is 0 Å². The predicted octanol–water partition coefficient (Wildman–Crippen LogP) is 5.69. The van der Waals surface area contributed by atoms with Crippen molar-refractivity contribution in [1.29, 1.82) is 0 Å². The van der Waals surface area contributed by atoms with Gasteiger partial charge in [-0.15, -0.1) is 0 Å². The number of carbonyl (C=O) groups excluding carboxylic acids is 3. The quantitative estimate of drug-likeness (QED) is 0.331. The minimum atomic E-state index is -4.97. The second kappa shape index (κ2) is 11.2. The Morgan fingerprint density at radius 1 is 1.14 bits per heavy atom. The molecule has 0 spiro atoms. The number of carbonyl (C=O) groups is 3. The third kappa shape index (κ3) is 7.62. The molecule has 0 unspecified atom stereocenters. The van der Waals surface area contributed by atoms with E-state index < -0.39 is 29.6 Å². The number of aromatic nitrogens is 2. The lowest BCUT2D eigenvalue weighted by Gasteiger charge is -2.28. The number of nitrogens with zero attached hydrogens (tertiary/aromatic N) is 3. The van der Waals surface area contributed by atoms with Gasteiger partial charge in [-0.2, -0.15) is 13.2 Å². The van der Waals surface area contributed by atoms with Crippen LogP contribution in [0.1, 0.15) is 56.7 Å². The summed E-state index contributed by atoms with van der Waals surface area (Å²) in [6.07, 6.45) is -5.33. The summed E-state index contributed by atoms with van der Waals surface area (Å²) in [6.45, 7) is 5.93. The number of ether oxygens (including phenoxy) is 1. The molecular formula is C21H24Cl3F3N4O4. The summed E-state index contributed by atoms with van der Waals surface area (Å²) in [7, 11) is 0. The van der Waals surface area contributed by atoms with Crippen LogP contribution in [0.5, 0.6) is 0 Å². The first-order valence-electron chi connectivity index (χ1n) is 10.4. The third-order valence-corrected chi connectivity index (χ3v) is 5.65. The van der Waals surface area contributed by atoms with Crippen molar-refractivity contribution in [2.45, 2.75) is 58.9 Å². The first kappa shape index (κ1) is 29.0. The summed E-state index contributed by atoms with van der Waals surface area (Å²) < 4.78 is 43.9. The number of hydrogen-bond donors (Lipinski definition) is 1. The molecule has 2 aromatic heterocycles. The maximum atomic E-state index is 12.9. The molecule has 0 bridgehead atoms. The lowest BCUT2D eigenvalue weighted by atomic mass is 10.2. The number of amides is 2. The fraction of sp³-hybridized carbons (Fsp3) is 0.524. The summed E-state index contributed by atoms with van der Waals surface area (Å²) in [6, 6.07) is 1.42. The number of pyridine rings is 1. The van der Waals surface area contributed by atoms with Crippen LogP contribution in [-0.4, -0.2) is 56.9 Å². The summed E-state index contributed by atoms with van der Waals surface area (Å²) in [5.41, 5.74) is -0.306. The number of nitrogens with one attached hydrogen (secondary N) is 1. The van der Waals surface area contributed by atoms with E-state index in [-0.39, 0.29) is 64.7 Å². The average molecular weight is 560 g/mol. The first-order chi connectivity index (χ1) is 16.0. The Kier molecular flexibility index (Phi) is 9.29. The minimum Gasteiger partial charge on any atom is -0.444 e. The van der Waals surface area contributed by atoms with Crippen molar-refractivity contribution in [3.05, 3.63) is 32.7 Å². The monoisotopic (exact) mass is 558 g/mol. The summed E-state index contributed by atoms with van der Waals surface area (Å²) in [5, 5.41) is 1.88. The highest BCUT2D eigenvalue weighted by atomic mass is 35.5. The molecule has 2 rings (SSSR count). The van der Waals surface area contributed by atoms with E-state index in [2.05, 4.69) is 4.98 Å². The van der Waals surface area contributed by atoms with E-state index in [1.807, 2.05) is 0 Å². The second-order valence-electron chi connectivity index (χ2n) is 8.62. The van der Waals surface area contributed by atoms with Crippen LogP contribution in [0.2, 0.25) is 15.2 Å². The lowest BCUT2D eigenvalue weighted by Crippen LogP contribution is -2.39. The largest absolute Gasteiger partial charge is 0.471 e. The molecule has 0 atom stereocenters. The second-order valence-corrected chi connectivity index (χ2v) is 9.76. The standard InChI is InChI=1S/C21H24Cl3F3N4O4/c1-11(32)16-17(24)29-14-9-12(22)15(23)13(31(14)16)10-30(19(34)35-20(2,3)4)8-6-5-7-28-18(33)21(25,26)27/h9H,5-8,10H2,1-4H3,(H,28,33). The molecule has 2 amide bonds. The molecule has 2 aromatic rings. The molecule has 0 fully saturated rings. The normalized spacial score (nSPS) is 12.1. The molecule has 0 aliphatic heterocycles. The smallest absolute Gasteiger partial charge is 0.444 e. The van der Waals surface area contributed by atoms with Gasteiger partial charge in [0.15, 0.2) is 10.9 Å². The van der Waals surface area contributed by atoms with Crippen LogP contribution in [0, 0.1) is 0 Å². The molecule has 194 valence electrons. The van der Waals surface area contributed by atoms with E-state index in [4.69, 9.17) is 39.5 Å². The third-order valence-electron chi connectivity index (χ3n) is 4.57. The number of hydrogen-bond acceptors (Lipinski definition) is 5. The zero-order chi connectivity index (χ0) is 26.7. The van der Waals surface area contributed by atoms with Gasteiger partial charge in [0, 0.05) is 26.1 Å². The van der Waals surface area contributed by atoms with Gasteiger partial charge < -0.3 is 15.0 Å². The Balaban J connectivity index is 2.33. The highest BCUT2D eigenvalue weighted by molar-refractivity contribution is 6.42. The molecule has 2 heterocycles. The van der Waals surface area contributed by atoms with E-state index in [0.29, 0.717) is 0 Å². The zero-order valence-electron chi connectivity index (χ0n) is 19.4. The SMILES string of the molecule is CC(=O)c1c(Cl)nc2cc(Cl)c(Cl)c(CN(CCCCNC(=O)C(F)(F)F)C(=O)OC(C)(C)C)n12. The van der Waals surface area contributed by atoms with Crippen LogP contribution in [-0.2, 0) is 16.1 Å². The van der Waals surface area contributed by atoms with Crippen molar-refractivity contribution >= 4 is 58.2 Å². The van der Waals surface area contributed by atoms with E-state index in [1.165, 1.54) is 22.3 Å². The fourth-order valence-corrected chi connectivity index (χ4v) is 3.82. The van der Waals surface area contributed by atoms with E-state index in [9.17, 15) is 27.6 Å². The average Bonchev–Trinajstić information content (AvgIpc) is 3.02. The van der Waals surface area contributed by atoms with Gasteiger partial charge >= 0.3 is 18.2 Å². The van der Waals surface area contributed by atoms with Crippen molar-refractivity contribution in [3.63, 3.8) is 0 Å². The number of Topliss-reactive ketones (excluding diaryl/α,β-unsaturated/α-hetero) is 1. The first-order valence-corrected chi connectivity index (χ1v) is 11.5. The molecule has 0 aromatic carbocycles. The molecule has 35 heavy (non-hydrogen) atoms. The van der Waals surface area contributed by atoms with Crippen LogP contribution in [0.4, 0.5) is 18.0 Å². The van der Waals surface area contributed by atoms with Crippen LogP contribution < -0.4 is 5.32 Å². The van der Waals surface area contributed by atoms with Gasteiger partial charge in [-0.1, -0.05) is 34.8 Å². The molecule has 0 saturated carbocycles. The van der Waals surface area contributed by atoms with Crippen molar-refractivity contribution < 1.29 is 32.3 Å². The Hall–Kier alpha value is -2.24. The number of ketones is 1. The number of fused-ring (bicyclic) bond motifs is 1. The van der Waals surface area contributed by atoms with Crippen LogP contribution >= 0.6 is 34.8 Å². The molecule has 1 N–H and O–H groups in total. The molecular weight excluding hydrogens is 536 g/mol. The van der Waals surface area contributed by atoms with Crippen molar-refractivity contribution in [2.75, 3.05) is 13.1 Å².